The van der Waals surface area contributed by atoms with Gasteiger partial charge in [0.05, 0.1) is 12.0 Å². The summed E-state index contributed by atoms with van der Waals surface area (Å²) >= 11 is 3.45. The summed E-state index contributed by atoms with van der Waals surface area (Å²) in [5, 5.41) is 0.580. The number of hydrogen-bond donors (Lipinski definition) is 0. The third-order valence-corrected chi connectivity index (χ3v) is 5.50. The minimum absolute atomic E-state index is 0.0355. The number of benzene rings is 1. The van der Waals surface area contributed by atoms with Crippen LogP contribution in [0.15, 0.2) is 28.7 Å². The molecule has 0 atom stereocenters. The maximum Gasteiger partial charge on any atom is 0.333 e. The first-order valence-electron chi connectivity index (χ1n) is 9.47. The van der Waals surface area contributed by atoms with Crippen molar-refractivity contribution in [2.75, 3.05) is 6.61 Å². The van der Waals surface area contributed by atoms with Crippen molar-refractivity contribution in [2.24, 2.45) is 0 Å². The highest BCUT2D eigenvalue weighted by Gasteiger charge is 2.33. The minimum Gasteiger partial charge on any atom is -0.376 e. The Bertz CT molecular complexity index is 711. The number of halogens is 1. The summed E-state index contributed by atoms with van der Waals surface area (Å²) < 4.78 is 7.06. The lowest BCUT2D eigenvalue weighted by atomic mass is 9.82. The van der Waals surface area contributed by atoms with Crippen LogP contribution < -0.4 is 0 Å². The zero-order valence-electron chi connectivity index (χ0n) is 16.9. The third-order valence-electron chi connectivity index (χ3n) is 4.98. The molecule has 1 saturated heterocycles. The summed E-state index contributed by atoms with van der Waals surface area (Å²) in [6.07, 6.45) is 1.52. The van der Waals surface area contributed by atoms with E-state index in [0.29, 0.717) is 18.1 Å². The Morgan fingerprint density at radius 2 is 1.61 bits per heavy atom. The van der Waals surface area contributed by atoms with Crippen LogP contribution in [-0.2, 0) is 29.4 Å². The molecule has 1 fully saturated rings. The SMILES string of the molecule is CC(C)(CCC(=O)ON1C(=O)CCC1=O)OCCC(C)(C)c1ccc(Br)cc1. The molecular formula is C21H28BrNO5. The molecule has 6 nitrogen and oxygen atoms in total. The number of nitrogens with zero attached hydrogens (tertiary/aromatic N) is 1. The number of rotatable bonds is 9. The first-order chi connectivity index (χ1) is 13.0. The van der Waals surface area contributed by atoms with E-state index in [0.717, 1.165) is 10.9 Å². The second kappa shape index (κ2) is 9.18. The molecule has 7 heteroatoms. The van der Waals surface area contributed by atoms with Crippen LogP contribution in [0.2, 0.25) is 0 Å². The minimum atomic E-state index is -0.601. The van der Waals surface area contributed by atoms with Crippen LogP contribution in [0.1, 0.15) is 65.4 Å². The van der Waals surface area contributed by atoms with Gasteiger partial charge in [0.2, 0.25) is 0 Å². The monoisotopic (exact) mass is 453 g/mol. The van der Waals surface area contributed by atoms with Gasteiger partial charge in [0.25, 0.3) is 11.8 Å². The fourth-order valence-electron chi connectivity index (χ4n) is 2.91. The fraction of sp³-hybridized carbons (Fsp3) is 0.571. The van der Waals surface area contributed by atoms with Crippen molar-refractivity contribution in [3.63, 3.8) is 0 Å². The van der Waals surface area contributed by atoms with Gasteiger partial charge in [-0.1, -0.05) is 41.9 Å². The summed E-state index contributed by atoms with van der Waals surface area (Å²) in [6.45, 7) is 8.73. The van der Waals surface area contributed by atoms with Gasteiger partial charge in [-0.05, 0) is 49.8 Å². The molecule has 0 aliphatic carbocycles. The molecule has 1 aliphatic rings. The lowest BCUT2D eigenvalue weighted by Crippen LogP contribution is -2.33. The van der Waals surface area contributed by atoms with Crippen LogP contribution >= 0.6 is 15.9 Å². The Hall–Kier alpha value is -1.73. The first-order valence-corrected chi connectivity index (χ1v) is 10.3. The van der Waals surface area contributed by atoms with Crippen molar-refractivity contribution in [3.8, 4) is 0 Å². The van der Waals surface area contributed by atoms with Crippen LogP contribution in [-0.4, -0.2) is 35.1 Å². The lowest BCUT2D eigenvalue weighted by Gasteiger charge is -2.30. The van der Waals surface area contributed by atoms with Crippen LogP contribution in [0.4, 0.5) is 0 Å². The molecule has 2 amide bonds. The molecule has 154 valence electrons. The number of carbonyl (C=O) groups excluding carboxylic acids is 3. The van der Waals surface area contributed by atoms with E-state index >= 15 is 0 Å². The molecule has 0 spiro atoms. The van der Waals surface area contributed by atoms with Gasteiger partial charge >= 0.3 is 5.97 Å². The van der Waals surface area contributed by atoms with Crippen molar-refractivity contribution < 1.29 is 24.0 Å². The molecule has 1 aromatic rings. The molecule has 1 aliphatic heterocycles. The highest BCUT2D eigenvalue weighted by molar-refractivity contribution is 9.10. The number of ether oxygens (including phenoxy) is 1. The number of imide groups is 1. The molecule has 0 aromatic heterocycles. The molecule has 1 aromatic carbocycles. The van der Waals surface area contributed by atoms with E-state index in [9.17, 15) is 14.4 Å². The normalized spacial score (nSPS) is 15.2. The van der Waals surface area contributed by atoms with E-state index in [1.165, 1.54) is 5.56 Å². The summed E-state index contributed by atoms with van der Waals surface area (Å²) in [6, 6.07) is 8.27. The highest BCUT2D eigenvalue weighted by Crippen LogP contribution is 2.29. The Balaban J connectivity index is 1.76. The number of amides is 2. The van der Waals surface area contributed by atoms with Gasteiger partial charge in [-0.3, -0.25) is 9.59 Å². The average Bonchev–Trinajstić information content (AvgIpc) is 2.92. The highest BCUT2D eigenvalue weighted by atomic mass is 79.9. The molecule has 2 rings (SSSR count). The van der Waals surface area contributed by atoms with Gasteiger partial charge in [0.15, 0.2) is 0 Å². The topological polar surface area (TPSA) is 72.9 Å². The number of hydrogen-bond acceptors (Lipinski definition) is 5. The number of carbonyl (C=O) groups is 3. The molecule has 0 unspecified atom stereocenters. The zero-order valence-corrected chi connectivity index (χ0v) is 18.5. The molecule has 0 bridgehead atoms. The van der Waals surface area contributed by atoms with Gasteiger partial charge in [-0.25, -0.2) is 4.79 Å². The summed E-state index contributed by atoms with van der Waals surface area (Å²) in [7, 11) is 0. The van der Waals surface area contributed by atoms with E-state index in [-0.39, 0.29) is 24.7 Å². The Labute approximate surface area is 174 Å². The quantitative estimate of drug-likeness (QED) is 0.521. The maximum atomic E-state index is 12.0. The molecule has 1 heterocycles. The predicted octanol–water partition coefficient (Wildman–Crippen LogP) is 4.30. The third kappa shape index (κ3) is 6.41. The van der Waals surface area contributed by atoms with E-state index in [1.54, 1.807) is 0 Å². The van der Waals surface area contributed by atoms with E-state index in [1.807, 2.05) is 26.0 Å². The van der Waals surface area contributed by atoms with Gasteiger partial charge in [0, 0.05) is 23.9 Å². The van der Waals surface area contributed by atoms with Crippen LogP contribution in [0.25, 0.3) is 0 Å². The first kappa shape index (κ1) is 22.6. The molecule has 28 heavy (non-hydrogen) atoms. The second-order valence-corrected chi connectivity index (χ2v) is 9.21. The summed E-state index contributed by atoms with van der Waals surface area (Å²) in [5.41, 5.74) is 0.681. The average molecular weight is 454 g/mol. The van der Waals surface area contributed by atoms with Gasteiger partial charge in [-0.15, -0.1) is 5.06 Å². The lowest BCUT2D eigenvalue weighted by molar-refractivity contribution is -0.198. The van der Waals surface area contributed by atoms with Crippen molar-refractivity contribution in [3.05, 3.63) is 34.3 Å². The van der Waals surface area contributed by atoms with Gasteiger partial charge < -0.3 is 9.57 Å². The molecule has 0 N–H and O–H groups in total. The van der Waals surface area contributed by atoms with Crippen molar-refractivity contribution in [1.82, 2.24) is 5.06 Å². The summed E-state index contributed by atoms with van der Waals surface area (Å²) in [5.74, 6) is -1.54. The predicted molar refractivity (Wildman–Crippen MR) is 108 cm³/mol. The Morgan fingerprint density at radius 1 is 1.04 bits per heavy atom. The van der Waals surface area contributed by atoms with Crippen LogP contribution in [0.3, 0.4) is 0 Å². The molecule has 0 radical (unpaired) electrons. The van der Waals surface area contributed by atoms with Crippen molar-refractivity contribution >= 4 is 33.7 Å². The van der Waals surface area contributed by atoms with E-state index in [4.69, 9.17) is 9.57 Å². The van der Waals surface area contributed by atoms with Crippen molar-refractivity contribution in [1.29, 1.82) is 0 Å². The fourth-order valence-corrected chi connectivity index (χ4v) is 3.17. The molecule has 0 saturated carbocycles. The van der Waals surface area contributed by atoms with E-state index in [2.05, 4.69) is 41.9 Å². The van der Waals surface area contributed by atoms with Crippen molar-refractivity contribution in [2.45, 2.75) is 70.8 Å². The Morgan fingerprint density at radius 3 is 2.18 bits per heavy atom. The largest absolute Gasteiger partial charge is 0.376 e. The standard InChI is InChI=1S/C21H28BrNO5/c1-20(2,15-5-7-16(22)8-6-15)13-14-27-21(3,4)12-11-19(26)28-23-17(24)9-10-18(23)25/h5-8H,9-14H2,1-4H3. The van der Waals surface area contributed by atoms with E-state index < -0.39 is 23.4 Å². The van der Waals surface area contributed by atoms with Crippen LogP contribution in [0, 0.1) is 0 Å². The number of hydroxylamine groups is 2. The second-order valence-electron chi connectivity index (χ2n) is 8.29. The molecular weight excluding hydrogens is 426 g/mol. The zero-order chi connectivity index (χ0) is 20.9. The smallest absolute Gasteiger partial charge is 0.333 e. The Kier molecular flexibility index (Phi) is 7.39. The maximum absolute atomic E-state index is 12.0. The van der Waals surface area contributed by atoms with Gasteiger partial charge in [0.1, 0.15) is 0 Å². The summed E-state index contributed by atoms with van der Waals surface area (Å²) in [4.78, 5) is 39.8. The van der Waals surface area contributed by atoms with Crippen LogP contribution in [0.5, 0.6) is 0 Å². The van der Waals surface area contributed by atoms with Gasteiger partial charge in [-0.2, -0.15) is 0 Å².